The topological polar surface area (TPSA) is 103 Å². The second-order valence-electron chi connectivity index (χ2n) is 14.8. The van der Waals surface area contributed by atoms with Crippen LogP contribution in [-0.4, -0.2) is 43.7 Å². The van der Waals surface area contributed by atoms with E-state index in [1.54, 1.807) is 6.20 Å². The molecule has 14 rings (SSSR count). The summed E-state index contributed by atoms with van der Waals surface area (Å²) in [6, 6.07) is 50.1. The normalized spacial score (nSPS) is 12.5. The Bertz CT molecular complexity index is 4170. The van der Waals surface area contributed by atoms with Crippen LogP contribution in [-0.2, 0) is 0 Å². The van der Waals surface area contributed by atoms with Gasteiger partial charge >= 0.3 is 0 Å². The molecule has 0 bridgehead atoms. The lowest BCUT2D eigenvalue weighted by molar-refractivity contribution is -0.542. The number of para-hydroxylation sites is 6. The molecule has 0 fully saturated rings. The summed E-state index contributed by atoms with van der Waals surface area (Å²) in [4.78, 5) is 36.7. The molecule has 0 saturated heterocycles. The molecule has 14 aromatic rings. The predicted molar refractivity (Wildman–Crippen MR) is 230 cm³/mol. The fourth-order valence-corrected chi connectivity index (χ4v) is 9.28. The molecule has 10 heteroatoms. The first-order valence-corrected chi connectivity index (χ1v) is 19.2. The van der Waals surface area contributed by atoms with Crippen LogP contribution >= 0.6 is 0 Å². The quantitative estimate of drug-likeness (QED) is 0.0938. The predicted octanol–water partition coefficient (Wildman–Crippen LogP) is 9.77. The molecule has 0 atom stereocenters. The van der Waals surface area contributed by atoms with Gasteiger partial charge in [-0.25, -0.2) is 34.3 Å². The van der Waals surface area contributed by atoms with E-state index in [4.69, 9.17) is 34.9 Å². The van der Waals surface area contributed by atoms with E-state index in [-0.39, 0.29) is 0 Å². The van der Waals surface area contributed by atoms with Gasteiger partial charge in [0.25, 0.3) is 11.5 Å². The number of rotatable bonds is 1. The third-order valence-electron chi connectivity index (χ3n) is 11.7. The summed E-state index contributed by atoms with van der Waals surface area (Å²) in [5, 5.41) is 8.46. The van der Waals surface area contributed by atoms with Crippen molar-refractivity contribution in [2.75, 3.05) is 0 Å². The van der Waals surface area contributed by atoms with E-state index in [9.17, 15) is 0 Å². The van der Waals surface area contributed by atoms with E-state index in [0.29, 0.717) is 22.8 Å². The van der Waals surface area contributed by atoms with Gasteiger partial charge in [0.1, 0.15) is 33.9 Å². The Balaban J connectivity index is 1.15. The summed E-state index contributed by atoms with van der Waals surface area (Å²) in [5.41, 5.74) is 11.1. The Kier molecular flexibility index (Phi) is 5.56. The van der Waals surface area contributed by atoms with E-state index in [0.717, 1.165) is 104 Å². The standard InChI is InChI=1S/C48H25N10/c1-3-13-28-26(11-1)21-23-30-39(28)42-47(57-35-18-8-7-17-34(35)52-45(30)57)55-43-44(54-42)53-38(25-49-43)56-36-19-9-10-20-37(36)58-46-41(50-32-15-5-6-16-33(32)51-46)40-29-14-4-2-12-27(29)22-24-31(40)48(56)58/h1-25H/q+1. The summed E-state index contributed by atoms with van der Waals surface area (Å²) in [6.07, 6.45) is 1.80. The Hall–Kier alpha value is -8.24. The van der Waals surface area contributed by atoms with Crippen LogP contribution < -0.4 is 4.57 Å². The van der Waals surface area contributed by atoms with Gasteiger partial charge in [-0.15, -0.1) is 0 Å². The van der Waals surface area contributed by atoms with Gasteiger partial charge in [-0.3, -0.25) is 4.40 Å². The molecule has 266 valence electrons. The Morgan fingerprint density at radius 3 is 1.81 bits per heavy atom. The van der Waals surface area contributed by atoms with Gasteiger partial charge in [-0.1, -0.05) is 102 Å². The van der Waals surface area contributed by atoms with E-state index in [1.807, 2.05) is 42.5 Å². The molecule has 0 aliphatic carbocycles. The van der Waals surface area contributed by atoms with Crippen molar-refractivity contribution >= 4 is 121 Å². The Morgan fingerprint density at radius 2 is 1.00 bits per heavy atom. The van der Waals surface area contributed by atoms with Gasteiger partial charge < -0.3 is 0 Å². The maximum atomic E-state index is 5.38. The van der Waals surface area contributed by atoms with Crippen LogP contribution in [0.2, 0.25) is 0 Å². The first-order chi connectivity index (χ1) is 28.8. The minimum absolute atomic E-state index is 0.445. The third kappa shape index (κ3) is 3.80. The highest BCUT2D eigenvalue weighted by molar-refractivity contribution is 6.24. The highest BCUT2D eigenvalue weighted by Crippen LogP contribution is 2.38. The lowest BCUT2D eigenvalue weighted by Gasteiger charge is -2.11. The minimum atomic E-state index is 0.445. The molecule has 0 N–H and O–H groups in total. The van der Waals surface area contributed by atoms with Gasteiger partial charge in [-0.05, 0) is 70.1 Å². The molecular formula is C48H25N10+. The third-order valence-corrected chi connectivity index (χ3v) is 11.7. The fraction of sp³-hybridized carbons (Fsp3) is 0. The largest absolute Gasteiger partial charge is 0.289 e. The van der Waals surface area contributed by atoms with Gasteiger partial charge in [0.15, 0.2) is 5.65 Å². The Morgan fingerprint density at radius 1 is 0.397 bits per heavy atom. The summed E-state index contributed by atoms with van der Waals surface area (Å²) >= 11 is 0. The number of hydrogen-bond donors (Lipinski definition) is 0. The monoisotopic (exact) mass is 741 g/mol. The summed E-state index contributed by atoms with van der Waals surface area (Å²) in [7, 11) is 0. The number of imidazole rings is 2. The number of nitrogens with zero attached hydrogens (tertiary/aromatic N) is 10. The molecule has 7 aromatic heterocycles. The van der Waals surface area contributed by atoms with Gasteiger partial charge in [-0.2, -0.15) is 4.57 Å². The highest BCUT2D eigenvalue weighted by atomic mass is 15.2. The lowest BCUT2D eigenvalue weighted by Crippen LogP contribution is -2.32. The van der Waals surface area contributed by atoms with E-state index in [2.05, 4.69) is 116 Å². The number of fused-ring (bicyclic) bond motifs is 22. The van der Waals surface area contributed by atoms with Crippen LogP contribution in [0.15, 0.2) is 152 Å². The molecule has 0 radical (unpaired) electrons. The average Bonchev–Trinajstić information content (AvgIpc) is 3.85. The molecule has 58 heavy (non-hydrogen) atoms. The summed E-state index contributed by atoms with van der Waals surface area (Å²) < 4.78 is 6.51. The smallest absolute Gasteiger partial charge is 0.274 e. The second kappa shape index (κ2) is 10.7. The van der Waals surface area contributed by atoms with Crippen molar-refractivity contribution in [3.63, 3.8) is 0 Å². The van der Waals surface area contributed by atoms with Gasteiger partial charge in [0.05, 0.1) is 27.5 Å². The van der Waals surface area contributed by atoms with Crippen molar-refractivity contribution in [2.45, 2.75) is 0 Å². The van der Waals surface area contributed by atoms with E-state index < -0.39 is 0 Å². The van der Waals surface area contributed by atoms with E-state index in [1.165, 1.54) is 0 Å². The molecule has 7 aromatic carbocycles. The van der Waals surface area contributed by atoms with Crippen LogP contribution in [0.5, 0.6) is 0 Å². The van der Waals surface area contributed by atoms with Gasteiger partial charge in [0.2, 0.25) is 16.9 Å². The van der Waals surface area contributed by atoms with Crippen molar-refractivity contribution in [3.05, 3.63) is 152 Å². The zero-order valence-corrected chi connectivity index (χ0v) is 30.4. The summed E-state index contributed by atoms with van der Waals surface area (Å²) in [5.74, 6) is 0.616. The number of pyridine rings is 2. The Labute approximate surface area is 326 Å². The summed E-state index contributed by atoms with van der Waals surface area (Å²) in [6.45, 7) is 0. The highest BCUT2D eigenvalue weighted by Gasteiger charge is 2.29. The van der Waals surface area contributed by atoms with Gasteiger partial charge in [0, 0.05) is 16.2 Å². The fourth-order valence-electron chi connectivity index (χ4n) is 9.28. The molecule has 0 aliphatic rings. The number of aromatic nitrogens is 10. The molecule has 0 saturated carbocycles. The second-order valence-corrected chi connectivity index (χ2v) is 14.8. The zero-order valence-electron chi connectivity index (χ0n) is 30.4. The molecule has 0 unspecified atom stereocenters. The maximum Gasteiger partial charge on any atom is 0.289 e. The molecule has 0 spiro atoms. The first-order valence-electron chi connectivity index (χ1n) is 19.2. The zero-order chi connectivity index (χ0) is 37.6. The van der Waals surface area contributed by atoms with Crippen LogP contribution in [0.1, 0.15) is 0 Å². The molecule has 7 heterocycles. The molecule has 0 amide bonds. The van der Waals surface area contributed by atoms with Crippen LogP contribution in [0.25, 0.3) is 127 Å². The van der Waals surface area contributed by atoms with Crippen LogP contribution in [0, 0.1) is 0 Å². The molecule has 0 aliphatic heterocycles. The van der Waals surface area contributed by atoms with Crippen molar-refractivity contribution in [2.24, 2.45) is 0 Å². The van der Waals surface area contributed by atoms with E-state index >= 15 is 0 Å². The van der Waals surface area contributed by atoms with Crippen molar-refractivity contribution in [1.29, 1.82) is 0 Å². The number of benzene rings is 7. The maximum absolute atomic E-state index is 5.38. The first kappa shape index (κ1) is 30.0. The minimum Gasteiger partial charge on any atom is -0.274 e. The van der Waals surface area contributed by atoms with Crippen molar-refractivity contribution in [1.82, 2.24) is 43.7 Å². The molecule has 10 nitrogen and oxygen atoms in total. The molecular weight excluding hydrogens is 717 g/mol. The van der Waals surface area contributed by atoms with Crippen molar-refractivity contribution in [3.8, 4) is 5.82 Å². The average molecular weight is 742 g/mol. The lowest BCUT2D eigenvalue weighted by atomic mass is 10.0. The SMILES string of the molecule is c1ccc2c(c1)ccc1c2c2nc3nc(-[n+]4c5ccccc5n5c6nc7ccccc7nc6c6c7ccccc7ccc6c54)cnc3nc2n2c3ccccc3nc12. The number of hydrogen-bond acceptors (Lipinski definition) is 7. The van der Waals surface area contributed by atoms with Crippen molar-refractivity contribution < 1.29 is 4.57 Å². The van der Waals surface area contributed by atoms with Crippen LogP contribution in [0.4, 0.5) is 0 Å². The van der Waals surface area contributed by atoms with Crippen LogP contribution in [0.3, 0.4) is 0 Å².